The molecular formula is C13H16N4O2S. The number of hydrogen-bond acceptors (Lipinski definition) is 5. The van der Waals surface area contributed by atoms with Crippen molar-refractivity contribution in [2.45, 2.75) is 13.0 Å². The molecule has 1 aromatic carbocycles. The molecule has 0 radical (unpaired) electrons. The summed E-state index contributed by atoms with van der Waals surface area (Å²) in [6.45, 7) is 1.76. The van der Waals surface area contributed by atoms with E-state index in [4.69, 9.17) is 4.74 Å². The Balaban J connectivity index is 1.50. The molecule has 106 valence electrons. The Hall–Kier alpha value is -1.99. The van der Waals surface area contributed by atoms with Crippen molar-refractivity contribution in [2.75, 3.05) is 18.5 Å². The van der Waals surface area contributed by atoms with Gasteiger partial charge in [0.15, 0.2) is 0 Å². The highest BCUT2D eigenvalue weighted by Crippen LogP contribution is 2.06. The van der Waals surface area contributed by atoms with Crippen molar-refractivity contribution in [1.82, 2.24) is 15.5 Å². The fourth-order valence-corrected chi connectivity index (χ4v) is 1.95. The number of nitrogens with one attached hydrogen (secondary N) is 2. The second-order valence-electron chi connectivity index (χ2n) is 4.02. The van der Waals surface area contributed by atoms with Gasteiger partial charge in [-0.15, -0.1) is 10.2 Å². The van der Waals surface area contributed by atoms with Crippen LogP contribution in [0.3, 0.4) is 0 Å². The summed E-state index contributed by atoms with van der Waals surface area (Å²) in [6.07, 6.45) is 0.760. The lowest BCUT2D eigenvalue weighted by molar-refractivity contribution is 0.119. The zero-order valence-electron chi connectivity index (χ0n) is 10.9. The highest BCUT2D eigenvalue weighted by atomic mass is 32.1. The highest BCUT2D eigenvalue weighted by Gasteiger charge is 2.02. The molecule has 2 N–H and O–H groups in total. The van der Waals surface area contributed by atoms with Crippen molar-refractivity contribution < 1.29 is 9.53 Å². The maximum Gasteiger partial charge on any atom is 0.321 e. The molecule has 1 aromatic heterocycles. The van der Waals surface area contributed by atoms with Gasteiger partial charge in [0.05, 0.1) is 6.61 Å². The van der Waals surface area contributed by atoms with Crippen molar-refractivity contribution in [3.8, 4) is 0 Å². The number of ether oxygens (including phenoxy) is 1. The smallest absolute Gasteiger partial charge is 0.321 e. The average Bonchev–Trinajstić information content (AvgIpc) is 2.96. The Bertz CT molecular complexity index is 504. The van der Waals surface area contributed by atoms with Gasteiger partial charge < -0.3 is 10.1 Å². The molecule has 0 atom stereocenters. The first kappa shape index (κ1) is 14.4. The van der Waals surface area contributed by atoms with E-state index in [0.717, 1.165) is 12.0 Å². The van der Waals surface area contributed by atoms with E-state index < -0.39 is 0 Å². The van der Waals surface area contributed by atoms with E-state index >= 15 is 0 Å². The Morgan fingerprint density at radius 3 is 2.90 bits per heavy atom. The standard InChI is InChI=1S/C13H16N4O2S/c18-12(16-13-17-15-10-20-13)14-7-4-8-19-9-11-5-2-1-3-6-11/h1-3,5-6,10H,4,7-9H2,(H2,14,16,17,18). The summed E-state index contributed by atoms with van der Waals surface area (Å²) in [5.74, 6) is 0. The molecule has 20 heavy (non-hydrogen) atoms. The number of benzene rings is 1. The quantitative estimate of drug-likeness (QED) is 0.768. The van der Waals surface area contributed by atoms with E-state index in [0.29, 0.717) is 24.9 Å². The van der Waals surface area contributed by atoms with E-state index in [2.05, 4.69) is 20.8 Å². The normalized spacial score (nSPS) is 10.2. The predicted molar refractivity (Wildman–Crippen MR) is 77.6 cm³/mol. The third-order valence-electron chi connectivity index (χ3n) is 2.44. The van der Waals surface area contributed by atoms with Gasteiger partial charge in [-0.3, -0.25) is 5.32 Å². The van der Waals surface area contributed by atoms with Gasteiger partial charge in [-0.25, -0.2) is 4.79 Å². The first-order valence-electron chi connectivity index (χ1n) is 6.27. The number of anilines is 1. The second kappa shape index (κ2) is 8.23. The summed E-state index contributed by atoms with van der Waals surface area (Å²) in [7, 11) is 0. The first-order valence-corrected chi connectivity index (χ1v) is 7.15. The zero-order valence-corrected chi connectivity index (χ0v) is 11.7. The molecule has 2 aromatic rings. The number of rotatable bonds is 7. The Labute approximate surface area is 121 Å². The maximum absolute atomic E-state index is 11.4. The third-order valence-corrected chi connectivity index (χ3v) is 3.05. The molecule has 0 aliphatic heterocycles. The lowest BCUT2D eigenvalue weighted by atomic mass is 10.2. The molecule has 0 bridgehead atoms. The Morgan fingerprint density at radius 1 is 1.30 bits per heavy atom. The molecule has 0 spiro atoms. The summed E-state index contributed by atoms with van der Waals surface area (Å²) >= 11 is 1.28. The molecule has 6 nitrogen and oxygen atoms in total. The molecule has 7 heteroatoms. The zero-order chi connectivity index (χ0) is 14.0. The van der Waals surface area contributed by atoms with Crippen LogP contribution in [0, 0.1) is 0 Å². The molecule has 0 saturated carbocycles. The van der Waals surface area contributed by atoms with Crippen molar-refractivity contribution >= 4 is 22.5 Å². The van der Waals surface area contributed by atoms with Gasteiger partial charge >= 0.3 is 6.03 Å². The molecule has 2 amide bonds. The van der Waals surface area contributed by atoms with E-state index in [1.54, 1.807) is 5.51 Å². The van der Waals surface area contributed by atoms with Gasteiger partial charge in [0.25, 0.3) is 0 Å². The van der Waals surface area contributed by atoms with Crippen LogP contribution in [0.25, 0.3) is 0 Å². The average molecular weight is 292 g/mol. The molecule has 0 fully saturated rings. The first-order chi connectivity index (χ1) is 9.84. The molecule has 0 aliphatic carbocycles. The molecule has 0 saturated heterocycles. The number of nitrogens with zero attached hydrogens (tertiary/aromatic N) is 2. The van der Waals surface area contributed by atoms with E-state index in [1.165, 1.54) is 11.3 Å². The summed E-state index contributed by atoms with van der Waals surface area (Å²) in [5.41, 5.74) is 2.71. The third kappa shape index (κ3) is 5.33. The Morgan fingerprint density at radius 2 is 2.15 bits per heavy atom. The topological polar surface area (TPSA) is 76.1 Å². The van der Waals surface area contributed by atoms with Gasteiger partial charge in [-0.05, 0) is 12.0 Å². The number of urea groups is 1. The number of hydrogen-bond donors (Lipinski definition) is 2. The van der Waals surface area contributed by atoms with Gasteiger partial charge in [-0.1, -0.05) is 41.7 Å². The molecular weight excluding hydrogens is 276 g/mol. The van der Waals surface area contributed by atoms with Gasteiger partial charge in [0.2, 0.25) is 5.13 Å². The fourth-order valence-electron chi connectivity index (χ4n) is 1.51. The largest absolute Gasteiger partial charge is 0.377 e. The predicted octanol–water partition coefficient (Wildman–Crippen LogP) is 2.27. The Kier molecular flexibility index (Phi) is 5.94. The molecule has 2 rings (SSSR count). The summed E-state index contributed by atoms with van der Waals surface area (Å²) < 4.78 is 5.52. The minimum absolute atomic E-state index is 0.273. The minimum atomic E-state index is -0.273. The number of carbonyl (C=O) groups is 1. The van der Waals surface area contributed by atoms with Crippen LogP contribution in [0.1, 0.15) is 12.0 Å². The van der Waals surface area contributed by atoms with Crippen molar-refractivity contribution in [1.29, 1.82) is 0 Å². The number of carbonyl (C=O) groups excluding carboxylic acids is 1. The maximum atomic E-state index is 11.4. The lowest BCUT2D eigenvalue weighted by Crippen LogP contribution is -2.30. The SMILES string of the molecule is O=C(NCCCOCc1ccccc1)Nc1nncs1. The monoisotopic (exact) mass is 292 g/mol. The molecule has 1 heterocycles. The lowest BCUT2D eigenvalue weighted by Gasteiger charge is -2.06. The van der Waals surface area contributed by atoms with E-state index in [1.807, 2.05) is 30.3 Å². The van der Waals surface area contributed by atoms with Gasteiger partial charge in [-0.2, -0.15) is 0 Å². The van der Waals surface area contributed by atoms with Crippen LogP contribution in [0.15, 0.2) is 35.8 Å². The van der Waals surface area contributed by atoms with Crippen molar-refractivity contribution in [2.24, 2.45) is 0 Å². The van der Waals surface area contributed by atoms with Crippen LogP contribution < -0.4 is 10.6 Å². The van der Waals surface area contributed by atoms with Crippen LogP contribution in [0.5, 0.6) is 0 Å². The highest BCUT2D eigenvalue weighted by molar-refractivity contribution is 7.13. The van der Waals surface area contributed by atoms with Crippen LogP contribution in [0.4, 0.5) is 9.93 Å². The van der Waals surface area contributed by atoms with Crippen molar-refractivity contribution in [3.05, 3.63) is 41.4 Å². The fraction of sp³-hybridized carbons (Fsp3) is 0.308. The van der Waals surface area contributed by atoms with Crippen LogP contribution in [-0.2, 0) is 11.3 Å². The summed E-state index contributed by atoms with van der Waals surface area (Å²) in [6, 6.07) is 9.71. The molecule has 0 aliphatic rings. The minimum Gasteiger partial charge on any atom is -0.377 e. The van der Waals surface area contributed by atoms with Gasteiger partial charge in [0, 0.05) is 13.2 Å². The van der Waals surface area contributed by atoms with E-state index in [-0.39, 0.29) is 6.03 Å². The summed E-state index contributed by atoms with van der Waals surface area (Å²) in [4.78, 5) is 11.4. The number of aromatic nitrogens is 2. The molecule has 0 unspecified atom stereocenters. The van der Waals surface area contributed by atoms with E-state index in [9.17, 15) is 4.79 Å². The van der Waals surface area contributed by atoms with Gasteiger partial charge in [0.1, 0.15) is 5.51 Å². The van der Waals surface area contributed by atoms with Crippen LogP contribution in [-0.4, -0.2) is 29.4 Å². The number of amides is 2. The van der Waals surface area contributed by atoms with Crippen LogP contribution >= 0.6 is 11.3 Å². The van der Waals surface area contributed by atoms with Crippen LogP contribution in [0.2, 0.25) is 0 Å². The summed E-state index contributed by atoms with van der Waals surface area (Å²) in [5, 5.41) is 13.2. The second-order valence-corrected chi connectivity index (χ2v) is 4.85. The van der Waals surface area contributed by atoms with Crippen molar-refractivity contribution in [3.63, 3.8) is 0 Å².